The van der Waals surface area contributed by atoms with E-state index in [0.717, 1.165) is 4.90 Å². The van der Waals surface area contributed by atoms with Crippen LogP contribution in [-0.4, -0.2) is 46.3 Å². The molecule has 2 heterocycles. The van der Waals surface area contributed by atoms with Crippen LogP contribution in [0.25, 0.3) is 5.69 Å². The fourth-order valence-electron chi connectivity index (χ4n) is 2.59. The maximum absolute atomic E-state index is 13.3. The molecule has 2 aromatic heterocycles. The Morgan fingerprint density at radius 3 is 2.61 bits per heavy atom. The van der Waals surface area contributed by atoms with Crippen molar-refractivity contribution in [2.24, 2.45) is 0 Å². The summed E-state index contributed by atoms with van der Waals surface area (Å²) in [5, 5.41) is 13.6. The molecule has 0 atom stereocenters. The van der Waals surface area contributed by atoms with E-state index in [1.807, 2.05) is 0 Å². The smallest absolute Gasteiger partial charge is 0.407 e. The zero-order valence-electron chi connectivity index (χ0n) is 15.1. The van der Waals surface area contributed by atoms with Gasteiger partial charge >= 0.3 is 6.09 Å². The summed E-state index contributed by atoms with van der Waals surface area (Å²) in [6.45, 7) is 1.61. The highest BCUT2D eigenvalue weighted by Gasteiger charge is 2.26. The third-order valence-electron chi connectivity index (χ3n) is 3.99. The number of carbonyl (C=O) groups is 1. The molecule has 0 spiro atoms. The standard InChI is InChI=1S/C18H17ClN4O4S/c1-12-9-14(7-8-20-12)28(26,27)17-10-13(11-22(2)18(24)25)21-23(17)16-6-4-3-5-15(16)19/h3-10H,11H2,1-2H3,(H,24,25). The number of nitrogens with zero attached hydrogens (tertiary/aromatic N) is 4. The fraction of sp³-hybridized carbons (Fsp3) is 0.167. The van der Waals surface area contributed by atoms with Gasteiger partial charge < -0.3 is 10.0 Å². The molecule has 8 nitrogen and oxygen atoms in total. The van der Waals surface area contributed by atoms with Crippen molar-refractivity contribution in [2.75, 3.05) is 7.05 Å². The van der Waals surface area contributed by atoms with Crippen molar-refractivity contribution in [3.8, 4) is 5.69 Å². The Bertz CT molecular complexity index is 1140. The normalized spacial score (nSPS) is 11.4. The highest BCUT2D eigenvalue weighted by molar-refractivity contribution is 7.91. The van der Waals surface area contributed by atoms with E-state index in [-0.39, 0.29) is 22.2 Å². The number of pyridine rings is 1. The lowest BCUT2D eigenvalue weighted by molar-refractivity contribution is 0.153. The molecule has 0 saturated carbocycles. The summed E-state index contributed by atoms with van der Waals surface area (Å²) in [4.78, 5) is 16.2. The van der Waals surface area contributed by atoms with Crippen molar-refractivity contribution in [3.05, 3.63) is 65.1 Å². The summed E-state index contributed by atoms with van der Waals surface area (Å²) in [6.07, 6.45) is 0.263. The molecule has 0 aliphatic carbocycles. The molecule has 28 heavy (non-hydrogen) atoms. The van der Waals surface area contributed by atoms with Gasteiger partial charge in [-0.05, 0) is 31.2 Å². The van der Waals surface area contributed by atoms with Crippen molar-refractivity contribution in [1.29, 1.82) is 0 Å². The van der Waals surface area contributed by atoms with Crippen LogP contribution in [0.4, 0.5) is 4.79 Å². The summed E-state index contributed by atoms with van der Waals surface area (Å²) >= 11 is 6.25. The Morgan fingerprint density at radius 1 is 1.25 bits per heavy atom. The lowest BCUT2D eigenvalue weighted by Gasteiger charge is -2.10. The number of carboxylic acid groups (broad SMARTS) is 1. The molecule has 0 saturated heterocycles. The lowest BCUT2D eigenvalue weighted by atomic mass is 10.3. The molecular formula is C18H17ClN4O4S. The molecule has 1 amide bonds. The van der Waals surface area contributed by atoms with Gasteiger partial charge in [-0.25, -0.2) is 17.9 Å². The summed E-state index contributed by atoms with van der Waals surface area (Å²) in [7, 11) is -2.58. The molecule has 1 N–H and O–H groups in total. The van der Waals surface area contributed by atoms with Crippen LogP contribution >= 0.6 is 11.6 Å². The number of para-hydroxylation sites is 1. The Kier molecular flexibility index (Phi) is 5.39. The minimum absolute atomic E-state index is 0.0614. The Labute approximate surface area is 166 Å². The van der Waals surface area contributed by atoms with Crippen molar-refractivity contribution in [1.82, 2.24) is 19.7 Å². The van der Waals surface area contributed by atoms with Crippen LogP contribution in [0.3, 0.4) is 0 Å². The largest absolute Gasteiger partial charge is 0.465 e. The predicted octanol–water partition coefficient (Wildman–Crippen LogP) is 3.17. The van der Waals surface area contributed by atoms with Gasteiger partial charge in [0.05, 0.1) is 27.8 Å². The summed E-state index contributed by atoms with van der Waals surface area (Å²) in [6, 6.07) is 10.9. The number of aromatic nitrogens is 3. The average Bonchev–Trinajstić information content (AvgIpc) is 3.06. The molecule has 146 valence electrons. The van der Waals surface area contributed by atoms with Crippen LogP contribution in [0.5, 0.6) is 0 Å². The highest BCUT2D eigenvalue weighted by atomic mass is 35.5. The monoisotopic (exact) mass is 420 g/mol. The summed E-state index contributed by atoms with van der Waals surface area (Å²) < 4.78 is 27.7. The molecule has 10 heteroatoms. The first-order valence-electron chi connectivity index (χ1n) is 8.16. The fourth-order valence-corrected chi connectivity index (χ4v) is 4.27. The van der Waals surface area contributed by atoms with Gasteiger partial charge in [0.1, 0.15) is 0 Å². The SMILES string of the molecule is Cc1cc(S(=O)(=O)c2cc(CN(C)C(=O)O)nn2-c2ccccc2Cl)ccn1. The first-order valence-corrected chi connectivity index (χ1v) is 10.0. The second-order valence-electron chi connectivity index (χ2n) is 6.11. The second kappa shape index (κ2) is 7.61. The number of aryl methyl sites for hydroxylation is 1. The van der Waals surface area contributed by atoms with Crippen LogP contribution in [-0.2, 0) is 16.4 Å². The van der Waals surface area contributed by atoms with E-state index in [4.69, 9.17) is 16.7 Å². The molecule has 3 rings (SSSR count). The predicted molar refractivity (Wildman–Crippen MR) is 102 cm³/mol. The Balaban J connectivity index is 2.20. The number of rotatable bonds is 5. The molecule has 0 aliphatic heterocycles. The second-order valence-corrected chi connectivity index (χ2v) is 8.42. The number of hydrogen-bond donors (Lipinski definition) is 1. The molecule has 3 aromatic rings. The van der Waals surface area contributed by atoms with Crippen LogP contribution in [0.15, 0.2) is 58.6 Å². The van der Waals surface area contributed by atoms with Crippen LogP contribution in [0, 0.1) is 6.92 Å². The number of hydrogen-bond acceptors (Lipinski definition) is 5. The Morgan fingerprint density at radius 2 is 1.96 bits per heavy atom. The summed E-state index contributed by atoms with van der Waals surface area (Å²) in [5.41, 5.74) is 1.20. The van der Waals surface area contributed by atoms with Crippen LogP contribution in [0.1, 0.15) is 11.4 Å². The van der Waals surface area contributed by atoms with Crippen LogP contribution in [0.2, 0.25) is 5.02 Å². The third-order valence-corrected chi connectivity index (χ3v) is 6.02. The maximum Gasteiger partial charge on any atom is 0.407 e. The molecule has 0 bridgehead atoms. The van der Waals surface area contributed by atoms with Crippen molar-refractivity contribution >= 4 is 27.5 Å². The summed E-state index contributed by atoms with van der Waals surface area (Å²) in [5.74, 6) is 0. The lowest BCUT2D eigenvalue weighted by Crippen LogP contribution is -2.24. The van der Waals surface area contributed by atoms with Gasteiger partial charge in [-0.1, -0.05) is 23.7 Å². The molecule has 0 aliphatic rings. The van der Waals surface area contributed by atoms with Gasteiger partial charge in [0.2, 0.25) is 9.84 Å². The quantitative estimate of drug-likeness (QED) is 0.679. The maximum atomic E-state index is 13.3. The van der Waals surface area contributed by atoms with Gasteiger partial charge in [0.15, 0.2) is 5.03 Å². The zero-order chi connectivity index (χ0) is 20.5. The van der Waals surface area contributed by atoms with Crippen molar-refractivity contribution in [2.45, 2.75) is 23.4 Å². The van der Waals surface area contributed by atoms with Crippen molar-refractivity contribution in [3.63, 3.8) is 0 Å². The minimum Gasteiger partial charge on any atom is -0.465 e. The van der Waals surface area contributed by atoms with E-state index < -0.39 is 15.9 Å². The minimum atomic E-state index is -3.96. The van der Waals surface area contributed by atoms with E-state index in [0.29, 0.717) is 16.4 Å². The molecule has 0 radical (unpaired) electrons. The van der Waals surface area contributed by atoms with Crippen LogP contribution < -0.4 is 0 Å². The molecular weight excluding hydrogens is 404 g/mol. The van der Waals surface area contributed by atoms with Gasteiger partial charge in [0, 0.05) is 25.0 Å². The number of benzene rings is 1. The van der Waals surface area contributed by atoms with Gasteiger partial charge in [-0.3, -0.25) is 4.98 Å². The number of sulfone groups is 1. The Hall–Kier alpha value is -2.91. The van der Waals surface area contributed by atoms with E-state index in [2.05, 4.69) is 10.1 Å². The number of amides is 1. The average molecular weight is 421 g/mol. The molecule has 0 unspecified atom stereocenters. The third kappa shape index (κ3) is 3.85. The van der Waals surface area contributed by atoms with Gasteiger partial charge in [-0.2, -0.15) is 5.10 Å². The van der Waals surface area contributed by atoms with E-state index in [1.165, 1.54) is 36.1 Å². The molecule has 0 fully saturated rings. The van der Waals surface area contributed by atoms with E-state index in [9.17, 15) is 13.2 Å². The van der Waals surface area contributed by atoms with E-state index >= 15 is 0 Å². The highest BCUT2D eigenvalue weighted by Crippen LogP contribution is 2.28. The van der Waals surface area contributed by atoms with Gasteiger partial charge in [0.25, 0.3) is 0 Å². The zero-order valence-corrected chi connectivity index (χ0v) is 16.6. The number of halogens is 1. The topological polar surface area (TPSA) is 105 Å². The van der Waals surface area contributed by atoms with E-state index in [1.54, 1.807) is 31.2 Å². The molecule has 1 aromatic carbocycles. The van der Waals surface area contributed by atoms with Crippen molar-refractivity contribution < 1.29 is 18.3 Å². The first kappa shape index (κ1) is 19.8. The first-order chi connectivity index (χ1) is 13.2. The van der Waals surface area contributed by atoms with Gasteiger partial charge in [-0.15, -0.1) is 0 Å².